The maximum absolute atomic E-state index is 11.9. The van der Waals surface area contributed by atoms with Gasteiger partial charge in [0.1, 0.15) is 11.5 Å². The molecule has 5 heteroatoms. The summed E-state index contributed by atoms with van der Waals surface area (Å²) in [6.07, 6.45) is 1.63. The van der Waals surface area contributed by atoms with E-state index in [1.807, 2.05) is 25.2 Å². The summed E-state index contributed by atoms with van der Waals surface area (Å²) >= 11 is 0. The zero-order valence-corrected chi connectivity index (χ0v) is 12.2. The first-order valence-corrected chi connectivity index (χ1v) is 6.92. The van der Waals surface area contributed by atoms with Gasteiger partial charge in [-0.1, -0.05) is 6.07 Å². The summed E-state index contributed by atoms with van der Waals surface area (Å²) in [5.41, 5.74) is 0.999. The van der Waals surface area contributed by atoms with Gasteiger partial charge in [0.05, 0.1) is 7.11 Å². The molecule has 1 aliphatic carbocycles. The lowest BCUT2D eigenvalue weighted by Gasteiger charge is -2.18. The Balaban J connectivity index is 2.06. The maximum Gasteiger partial charge on any atom is 0.260 e. The van der Waals surface area contributed by atoms with E-state index in [-0.39, 0.29) is 5.91 Å². The van der Waals surface area contributed by atoms with Gasteiger partial charge in [-0.05, 0) is 32.9 Å². The van der Waals surface area contributed by atoms with Gasteiger partial charge in [-0.3, -0.25) is 4.79 Å². The minimum atomic E-state index is -0.515. The molecule has 0 radical (unpaired) electrons. The second-order valence-electron chi connectivity index (χ2n) is 5.05. The van der Waals surface area contributed by atoms with Gasteiger partial charge < -0.3 is 20.1 Å². The van der Waals surface area contributed by atoms with Gasteiger partial charge in [0.15, 0.2) is 6.10 Å². The number of ether oxygens (including phenoxy) is 2. The highest BCUT2D eigenvalue weighted by molar-refractivity contribution is 5.81. The number of methoxy groups -OCH3 is 1. The van der Waals surface area contributed by atoms with Crippen LogP contribution in [0, 0.1) is 0 Å². The summed E-state index contributed by atoms with van der Waals surface area (Å²) in [6, 6.07) is 5.98. The number of carbonyl (C=O) groups excluding carboxylic acids is 1. The molecule has 1 saturated carbocycles. The van der Waals surface area contributed by atoms with Crippen LogP contribution in [0.3, 0.4) is 0 Å². The second-order valence-corrected chi connectivity index (χ2v) is 5.05. The van der Waals surface area contributed by atoms with Crippen molar-refractivity contribution in [3.05, 3.63) is 23.8 Å². The molecule has 0 saturated heterocycles. The highest BCUT2D eigenvalue weighted by Gasteiger charge is 2.26. The number of rotatable bonds is 7. The summed E-state index contributed by atoms with van der Waals surface area (Å²) in [7, 11) is 3.48. The molecule has 0 heterocycles. The molecule has 0 aromatic heterocycles. The SMILES string of the molecule is CNCc1ccc(OC)cc1OC(C)C(=O)NC1CC1. The van der Waals surface area contributed by atoms with Crippen molar-refractivity contribution in [1.29, 1.82) is 0 Å². The first-order chi connectivity index (χ1) is 9.63. The van der Waals surface area contributed by atoms with Crippen LogP contribution in [0.4, 0.5) is 0 Å². The summed E-state index contributed by atoms with van der Waals surface area (Å²) in [4.78, 5) is 11.9. The van der Waals surface area contributed by atoms with Crippen LogP contribution < -0.4 is 20.1 Å². The number of nitrogens with one attached hydrogen (secondary N) is 2. The summed E-state index contributed by atoms with van der Waals surface area (Å²) in [5, 5.41) is 6.03. The van der Waals surface area contributed by atoms with Crippen molar-refractivity contribution in [2.45, 2.75) is 38.5 Å². The Labute approximate surface area is 119 Å². The number of amides is 1. The lowest BCUT2D eigenvalue weighted by molar-refractivity contribution is -0.127. The fourth-order valence-electron chi connectivity index (χ4n) is 1.90. The average molecular weight is 278 g/mol. The molecular weight excluding hydrogens is 256 g/mol. The highest BCUT2D eigenvalue weighted by Crippen LogP contribution is 2.26. The predicted molar refractivity (Wildman–Crippen MR) is 77.0 cm³/mol. The molecule has 2 rings (SSSR count). The van der Waals surface area contributed by atoms with Crippen molar-refractivity contribution < 1.29 is 14.3 Å². The number of hydrogen-bond donors (Lipinski definition) is 2. The van der Waals surface area contributed by atoms with Crippen molar-refractivity contribution in [1.82, 2.24) is 10.6 Å². The van der Waals surface area contributed by atoms with E-state index in [0.717, 1.165) is 24.2 Å². The third-order valence-corrected chi connectivity index (χ3v) is 3.24. The zero-order chi connectivity index (χ0) is 14.5. The molecule has 0 aliphatic heterocycles. The van der Waals surface area contributed by atoms with Gasteiger partial charge in [-0.25, -0.2) is 0 Å². The van der Waals surface area contributed by atoms with Crippen LogP contribution in [0.5, 0.6) is 11.5 Å². The number of hydrogen-bond acceptors (Lipinski definition) is 4. The Bertz CT molecular complexity index is 472. The standard InChI is InChI=1S/C15H22N2O3/c1-10(15(18)17-12-5-6-12)20-14-8-13(19-3)7-4-11(14)9-16-2/h4,7-8,10,12,16H,5-6,9H2,1-3H3,(H,17,18). The quantitative estimate of drug-likeness (QED) is 0.793. The maximum atomic E-state index is 11.9. The van der Waals surface area contributed by atoms with E-state index >= 15 is 0 Å². The van der Waals surface area contributed by atoms with Gasteiger partial charge >= 0.3 is 0 Å². The molecule has 1 aliphatic rings. The normalized spacial score (nSPS) is 15.6. The third-order valence-electron chi connectivity index (χ3n) is 3.24. The van der Waals surface area contributed by atoms with Crippen LogP contribution in [-0.4, -0.2) is 32.2 Å². The Kier molecular flexibility index (Phi) is 4.84. The molecule has 1 aromatic rings. The molecule has 5 nitrogen and oxygen atoms in total. The van der Waals surface area contributed by atoms with Crippen LogP contribution in [0.25, 0.3) is 0 Å². The van der Waals surface area contributed by atoms with E-state index in [0.29, 0.717) is 18.3 Å². The monoisotopic (exact) mass is 278 g/mol. The van der Waals surface area contributed by atoms with E-state index in [9.17, 15) is 4.79 Å². The molecule has 0 bridgehead atoms. The van der Waals surface area contributed by atoms with Crippen LogP contribution in [0.1, 0.15) is 25.3 Å². The molecule has 1 amide bonds. The lowest BCUT2D eigenvalue weighted by Crippen LogP contribution is -2.37. The molecule has 1 unspecified atom stereocenters. The first-order valence-electron chi connectivity index (χ1n) is 6.92. The average Bonchev–Trinajstić information content (AvgIpc) is 3.24. The fraction of sp³-hybridized carbons (Fsp3) is 0.533. The predicted octanol–water partition coefficient (Wildman–Crippen LogP) is 1.46. The number of carbonyl (C=O) groups is 1. The van der Waals surface area contributed by atoms with Gasteiger partial charge in [-0.15, -0.1) is 0 Å². The van der Waals surface area contributed by atoms with Gasteiger partial charge in [0.2, 0.25) is 0 Å². The van der Waals surface area contributed by atoms with Crippen LogP contribution >= 0.6 is 0 Å². The molecular formula is C15H22N2O3. The lowest BCUT2D eigenvalue weighted by atomic mass is 10.2. The summed E-state index contributed by atoms with van der Waals surface area (Å²) in [5.74, 6) is 1.33. The van der Waals surface area contributed by atoms with Crippen LogP contribution in [0.2, 0.25) is 0 Å². The molecule has 110 valence electrons. The largest absolute Gasteiger partial charge is 0.497 e. The first kappa shape index (κ1) is 14.7. The Morgan fingerprint density at radius 3 is 2.80 bits per heavy atom. The van der Waals surface area contributed by atoms with Gasteiger partial charge in [0, 0.05) is 24.2 Å². The van der Waals surface area contributed by atoms with Gasteiger partial charge in [-0.2, -0.15) is 0 Å². The van der Waals surface area contributed by atoms with E-state index < -0.39 is 6.10 Å². The molecule has 2 N–H and O–H groups in total. The van der Waals surface area contributed by atoms with Crippen molar-refractivity contribution in [2.24, 2.45) is 0 Å². The minimum absolute atomic E-state index is 0.0641. The topological polar surface area (TPSA) is 59.6 Å². The van der Waals surface area contributed by atoms with Crippen LogP contribution in [0.15, 0.2) is 18.2 Å². The van der Waals surface area contributed by atoms with E-state index in [4.69, 9.17) is 9.47 Å². The van der Waals surface area contributed by atoms with Crippen molar-refractivity contribution >= 4 is 5.91 Å². The van der Waals surface area contributed by atoms with Crippen LogP contribution in [-0.2, 0) is 11.3 Å². The smallest absolute Gasteiger partial charge is 0.260 e. The second kappa shape index (κ2) is 6.61. The Morgan fingerprint density at radius 2 is 2.20 bits per heavy atom. The van der Waals surface area contributed by atoms with E-state index in [1.165, 1.54) is 0 Å². The molecule has 0 spiro atoms. The van der Waals surface area contributed by atoms with Crippen molar-refractivity contribution in [3.63, 3.8) is 0 Å². The molecule has 20 heavy (non-hydrogen) atoms. The third kappa shape index (κ3) is 3.87. The van der Waals surface area contributed by atoms with Crippen molar-refractivity contribution in [3.8, 4) is 11.5 Å². The highest BCUT2D eigenvalue weighted by atomic mass is 16.5. The summed E-state index contributed by atoms with van der Waals surface area (Å²) < 4.78 is 11.0. The molecule has 1 atom stereocenters. The van der Waals surface area contributed by atoms with E-state index in [1.54, 1.807) is 14.0 Å². The Hall–Kier alpha value is -1.75. The Morgan fingerprint density at radius 1 is 1.45 bits per heavy atom. The van der Waals surface area contributed by atoms with Crippen molar-refractivity contribution in [2.75, 3.05) is 14.2 Å². The number of benzene rings is 1. The van der Waals surface area contributed by atoms with Gasteiger partial charge in [0.25, 0.3) is 5.91 Å². The fourth-order valence-corrected chi connectivity index (χ4v) is 1.90. The summed E-state index contributed by atoms with van der Waals surface area (Å²) in [6.45, 7) is 2.44. The molecule has 1 fully saturated rings. The van der Waals surface area contributed by atoms with E-state index in [2.05, 4.69) is 10.6 Å². The molecule has 1 aromatic carbocycles. The minimum Gasteiger partial charge on any atom is -0.497 e. The zero-order valence-electron chi connectivity index (χ0n) is 12.2.